The van der Waals surface area contributed by atoms with Crippen molar-refractivity contribution in [3.63, 3.8) is 0 Å². The van der Waals surface area contributed by atoms with Gasteiger partial charge in [-0.1, -0.05) is 11.6 Å². The number of likely N-dealkylation sites (tertiary alicyclic amines) is 1. The van der Waals surface area contributed by atoms with Gasteiger partial charge in [0, 0.05) is 56.7 Å². The first kappa shape index (κ1) is 20.4. The average Bonchev–Trinajstić information content (AvgIpc) is 3.04. The van der Waals surface area contributed by atoms with Crippen molar-refractivity contribution in [1.82, 2.24) is 19.7 Å². The number of rotatable bonds is 6. The Morgan fingerprint density at radius 2 is 1.97 bits per heavy atom. The molecule has 0 radical (unpaired) electrons. The Kier molecular flexibility index (Phi) is 5.51. The van der Waals surface area contributed by atoms with Crippen LogP contribution in [0.3, 0.4) is 0 Å². The van der Waals surface area contributed by atoms with Crippen molar-refractivity contribution in [3.8, 4) is 0 Å². The van der Waals surface area contributed by atoms with Crippen molar-refractivity contribution in [2.24, 2.45) is 0 Å². The van der Waals surface area contributed by atoms with Crippen molar-refractivity contribution in [1.29, 1.82) is 0 Å². The molecule has 3 aromatic rings. The maximum atomic E-state index is 13.4. The van der Waals surface area contributed by atoms with Gasteiger partial charge in [-0.3, -0.25) is 9.67 Å². The van der Waals surface area contributed by atoms with Crippen LogP contribution < -0.4 is 0 Å². The van der Waals surface area contributed by atoms with Gasteiger partial charge in [0.25, 0.3) is 5.92 Å². The first-order valence-corrected chi connectivity index (χ1v) is 10.0. The van der Waals surface area contributed by atoms with Crippen LogP contribution in [0.1, 0.15) is 40.0 Å². The molecule has 1 saturated heterocycles. The van der Waals surface area contributed by atoms with Crippen molar-refractivity contribution in [3.05, 3.63) is 59.0 Å². The summed E-state index contributed by atoms with van der Waals surface area (Å²) in [6, 6.07) is 7.56. The summed E-state index contributed by atoms with van der Waals surface area (Å²) in [6.07, 6.45) is 3.19. The van der Waals surface area contributed by atoms with E-state index in [1.165, 1.54) is 12.3 Å². The number of benzene rings is 1. The highest BCUT2D eigenvalue weighted by Crippen LogP contribution is 2.28. The number of hydrogen-bond acceptors (Lipinski definition) is 4. The molecule has 1 fully saturated rings. The monoisotopic (exact) mass is 414 g/mol. The molecule has 3 heterocycles. The molecule has 1 aliphatic rings. The molecule has 2 aromatic heterocycles. The topological polar surface area (TPSA) is 71.2 Å². The molecule has 1 N–H and O–H groups in total. The second kappa shape index (κ2) is 8.10. The first-order chi connectivity index (χ1) is 14.3. The summed E-state index contributed by atoms with van der Waals surface area (Å²) in [4.78, 5) is 17.7. The fourth-order valence-electron chi connectivity index (χ4n) is 3.96. The number of pyridine rings is 1. The van der Waals surface area contributed by atoms with Crippen LogP contribution in [0.2, 0.25) is 0 Å². The van der Waals surface area contributed by atoms with E-state index in [4.69, 9.17) is 5.10 Å². The second-order valence-electron chi connectivity index (χ2n) is 7.90. The number of aromatic carboxylic acids is 1. The van der Waals surface area contributed by atoms with Crippen LogP contribution in [0.15, 0.2) is 36.7 Å². The lowest BCUT2D eigenvalue weighted by Crippen LogP contribution is -2.40. The smallest absolute Gasteiger partial charge is 0.336 e. The molecule has 0 aliphatic carbocycles. The number of nitrogens with zero attached hydrogens (tertiary/aromatic N) is 4. The lowest BCUT2D eigenvalue weighted by atomic mass is 10.0. The van der Waals surface area contributed by atoms with Crippen molar-refractivity contribution >= 4 is 16.9 Å². The van der Waals surface area contributed by atoms with Crippen LogP contribution in [-0.4, -0.2) is 56.3 Å². The number of aromatic nitrogens is 3. The van der Waals surface area contributed by atoms with E-state index in [1.54, 1.807) is 6.20 Å². The minimum atomic E-state index is -2.55. The molecule has 8 heteroatoms. The van der Waals surface area contributed by atoms with Gasteiger partial charge in [-0.2, -0.15) is 5.10 Å². The number of hydrogen-bond donors (Lipinski definition) is 1. The van der Waals surface area contributed by atoms with E-state index >= 15 is 0 Å². The van der Waals surface area contributed by atoms with Crippen LogP contribution in [0, 0.1) is 6.92 Å². The second-order valence-corrected chi connectivity index (χ2v) is 7.90. The highest BCUT2D eigenvalue weighted by Gasteiger charge is 2.33. The third-order valence-electron chi connectivity index (χ3n) is 5.69. The van der Waals surface area contributed by atoms with E-state index in [1.807, 2.05) is 34.7 Å². The minimum Gasteiger partial charge on any atom is -0.478 e. The largest absolute Gasteiger partial charge is 0.478 e. The summed E-state index contributed by atoms with van der Waals surface area (Å²) in [7, 11) is 0. The van der Waals surface area contributed by atoms with Gasteiger partial charge in [-0.25, -0.2) is 13.6 Å². The van der Waals surface area contributed by atoms with Crippen LogP contribution in [0.25, 0.3) is 10.9 Å². The SMILES string of the molecule is Cc1ccc2c(c1)c(Cc1cnccc1C(=O)O)nn2CCN1CCC(F)(F)CC1. The molecule has 1 aliphatic heterocycles. The van der Waals surface area contributed by atoms with Gasteiger partial charge in [0.15, 0.2) is 0 Å². The number of piperidine rings is 1. The van der Waals surface area contributed by atoms with Gasteiger partial charge in [-0.05, 0) is 30.7 Å². The average molecular weight is 414 g/mol. The van der Waals surface area contributed by atoms with Gasteiger partial charge < -0.3 is 10.0 Å². The number of alkyl halides is 2. The molecule has 0 saturated carbocycles. The molecular formula is C22H24F2N4O2. The normalized spacial score (nSPS) is 16.8. The summed E-state index contributed by atoms with van der Waals surface area (Å²) in [5, 5.41) is 15.2. The zero-order valence-corrected chi connectivity index (χ0v) is 16.8. The summed E-state index contributed by atoms with van der Waals surface area (Å²) >= 11 is 0. The Hall–Kier alpha value is -2.87. The molecule has 0 spiro atoms. The Bertz CT molecular complexity index is 1070. The summed E-state index contributed by atoms with van der Waals surface area (Å²) in [6.45, 7) is 4.00. The van der Waals surface area contributed by atoms with E-state index in [2.05, 4.69) is 4.98 Å². The lowest BCUT2D eigenvalue weighted by Gasteiger charge is -2.31. The van der Waals surface area contributed by atoms with E-state index in [0.29, 0.717) is 38.2 Å². The van der Waals surface area contributed by atoms with E-state index in [-0.39, 0.29) is 18.4 Å². The van der Waals surface area contributed by atoms with Gasteiger partial charge in [-0.15, -0.1) is 0 Å². The molecule has 0 amide bonds. The zero-order valence-electron chi connectivity index (χ0n) is 16.8. The minimum absolute atomic E-state index is 0.101. The van der Waals surface area contributed by atoms with Gasteiger partial charge in [0.1, 0.15) is 0 Å². The van der Waals surface area contributed by atoms with Crippen molar-refractivity contribution in [2.45, 2.75) is 38.7 Å². The van der Waals surface area contributed by atoms with Crippen LogP contribution >= 0.6 is 0 Å². The van der Waals surface area contributed by atoms with Gasteiger partial charge in [0.05, 0.1) is 23.3 Å². The van der Waals surface area contributed by atoms with Crippen LogP contribution in [-0.2, 0) is 13.0 Å². The number of carbonyl (C=O) groups is 1. The fraction of sp³-hybridized carbons (Fsp3) is 0.409. The molecule has 158 valence electrons. The third kappa shape index (κ3) is 4.33. The van der Waals surface area contributed by atoms with Gasteiger partial charge in [0.2, 0.25) is 0 Å². The number of aryl methyl sites for hydroxylation is 1. The predicted molar refractivity (Wildman–Crippen MR) is 109 cm³/mol. The third-order valence-corrected chi connectivity index (χ3v) is 5.69. The number of carboxylic acid groups (broad SMARTS) is 1. The highest BCUT2D eigenvalue weighted by atomic mass is 19.3. The predicted octanol–water partition coefficient (Wildman–Crippen LogP) is 3.76. The Labute approximate surface area is 173 Å². The zero-order chi connectivity index (χ0) is 21.3. The van der Waals surface area contributed by atoms with E-state index in [9.17, 15) is 18.7 Å². The molecular weight excluding hydrogens is 390 g/mol. The maximum Gasteiger partial charge on any atom is 0.336 e. The number of fused-ring (bicyclic) bond motifs is 1. The van der Waals surface area contributed by atoms with Crippen molar-refractivity contribution in [2.75, 3.05) is 19.6 Å². The Morgan fingerprint density at radius 3 is 2.70 bits per heavy atom. The maximum absolute atomic E-state index is 13.4. The Balaban J connectivity index is 1.59. The molecule has 0 atom stereocenters. The van der Waals surface area contributed by atoms with E-state index in [0.717, 1.165) is 22.2 Å². The van der Waals surface area contributed by atoms with Crippen molar-refractivity contribution < 1.29 is 18.7 Å². The number of halogens is 2. The summed E-state index contributed by atoms with van der Waals surface area (Å²) in [5.41, 5.74) is 3.66. The molecule has 6 nitrogen and oxygen atoms in total. The Morgan fingerprint density at radius 1 is 1.20 bits per heavy atom. The highest BCUT2D eigenvalue weighted by molar-refractivity contribution is 5.90. The first-order valence-electron chi connectivity index (χ1n) is 10.0. The van der Waals surface area contributed by atoms with Crippen LogP contribution in [0.5, 0.6) is 0 Å². The van der Waals surface area contributed by atoms with Gasteiger partial charge >= 0.3 is 5.97 Å². The molecule has 30 heavy (non-hydrogen) atoms. The number of carboxylic acids is 1. The summed E-state index contributed by atoms with van der Waals surface area (Å²) in [5.74, 6) is -3.54. The molecule has 0 unspecified atom stereocenters. The summed E-state index contributed by atoms with van der Waals surface area (Å²) < 4.78 is 28.7. The molecule has 4 rings (SSSR count). The fourth-order valence-corrected chi connectivity index (χ4v) is 3.96. The molecule has 0 bridgehead atoms. The molecule has 1 aromatic carbocycles. The standard InChI is InChI=1S/C22H24F2N4O2/c1-15-2-3-20-18(12-15)19(13-16-14-25-7-4-17(16)21(29)30)26-28(20)11-10-27-8-5-22(23,24)6-9-27/h2-4,7,12,14H,5-6,8-11,13H2,1H3,(H,29,30). The quantitative estimate of drug-likeness (QED) is 0.665. The van der Waals surface area contributed by atoms with E-state index < -0.39 is 11.9 Å². The lowest BCUT2D eigenvalue weighted by molar-refractivity contribution is -0.0555. The van der Waals surface area contributed by atoms with Crippen LogP contribution in [0.4, 0.5) is 8.78 Å².